The van der Waals surface area contributed by atoms with Gasteiger partial charge in [-0.05, 0) is 6.08 Å². The molecule has 0 saturated carbocycles. The van der Waals surface area contributed by atoms with E-state index in [2.05, 4.69) is 9.99 Å². The Balaban J connectivity index is 2.91. The molecule has 0 aromatic rings. The lowest BCUT2D eigenvalue weighted by molar-refractivity contribution is -0.149. The number of carbonyl (C=O) groups is 2. The van der Waals surface area contributed by atoms with Crippen LogP contribution >= 0.6 is 0 Å². The maximum Gasteiger partial charge on any atom is 0.373 e. The van der Waals surface area contributed by atoms with Crippen LogP contribution in [-0.2, 0) is 14.4 Å². The summed E-state index contributed by atoms with van der Waals surface area (Å²) >= 11 is 0. The molecule has 1 N–H and O–H groups in total. The quantitative estimate of drug-likeness (QED) is 0.522. The van der Waals surface area contributed by atoms with Crippen molar-refractivity contribution < 1.29 is 19.5 Å². The molecule has 0 aliphatic heterocycles. The van der Waals surface area contributed by atoms with Gasteiger partial charge in [0.05, 0.1) is 11.6 Å². The lowest BCUT2D eigenvalue weighted by Gasteiger charge is -2.10. The summed E-state index contributed by atoms with van der Waals surface area (Å²) in [6.45, 7) is 0. The summed E-state index contributed by atoms with van der Waals surface area (Å²) in [7, 11) is 1.33. The third kappa shape index (κ3) is 2.07. The van der Waals surface area contributed by atoms with Gasteiger partial charge in [0.25, 0.3) is 5.78 Å². The Morgan fingerprint density at radius 2 is 2.21 bits per heavy atom. The first-order valence-electron chi connectivity index (χ1n) is 3.90. The minimum Gasteiger partial charge on any atom is -0.475 e. The molecule has 0 radical (unpaired) electrons. The normalized spacial score (nSPS) is 22.4. The molecule has 14 heavy (non-hydrogen) atoms. The van der Waals surface area contributed by atoms with Crippen molar-refractivity contribution in [3.05, 3.63) is 24.3 Å². The van der Waals surface area contributed by atoms with Gasteiger partial charge in [-0.2, -0.15) is 0 Å². The molecule has 0 aromatic heterocycles. The van der Waals surface area contributed by atoms with Gasteiger partial charge in [0, 0.05) is 0 Å². The molecule has 0 fully saturated rings. The Morgan fingerprint density at radius 1 is 1.50 bits per heavy atom. The first kappa shape index (κ1) is 10.2. The van der Waals surface area contributed by atoms with E-state index < -0.39 is 17.7 Å². The molecule has 1 aliphatic carbocycles. The third-order valence-electron chi connectivity index (χ3n) is 1.69. The fourth-order valence-electron chi connectivity index (χ4n) is 1.08. The van der Waals surface area contributed by atoms with E-state index >= 15 is 0 Å². The molecule has 0 bridgehead atoms. The van der Waals surface area contributed by atoms with E-state index in [-0.39, 0.29) is 0 Å². The average molecular weight is 195 g/mol. The van der Waals surface area contributed by atoms with E-state index in [1.54, 1.807) is 12.2 Å². The molecular formula is C9H9NO4. The molecule has 1 atom stereocenters. The van der Waals surface area contributed by atoms with Gasteiger partial charge < -0.3 is 9.94 Å². The van der Waals surface area contributed by atoms with E-state index in [0.29, 0.717) is 5.71 Å². The second kappa shape index (κ2) is 4.36. The van der Waals surface area contributed by atoms with Crippen molar-refractivity contribution in [2.24, 2.45) is 11.1 Å². The van der Waals surface area contributed by atoms with Crippen LogP contribution in [0, 0.1) is 5.92 Å². The van der Waals surface area contributed by atoms with Crippen molar-refractivity contribution >= 4 is 17.5 Å². The largest absolute Gasteiger partial charge is 0.475 e. The summed E-state index contributed by atoms with van der Waals surface area (Å²) in [5, 5.41) is 12.1. The summed E-state index contributed by atoms with van der Waals surface area (Å²) in [6.07, 6.45) is 6.26. The summed E-state index contributed by atoms with van der Waals surface area (Å²) in [6, 6.07) is 0. The maximum atomic E-state index is 11.2. The average Bonchev–Trinajstić information content (AvgIpc) is 2.18. The lowest BCUT2D eigenvalue weighted by atomic mass is 9.94. The molecule has 0 saturated heterocycles. The number of hydrogen-bond acceptors (Lipinski definition) is 4. The SMILES string of the molecule is CON=C1C=CC=CC1C(=O)C(=O)O. The van der Waals surface area contributed by atoms with Crippen LogP contribution in [0.4, 0.5) is 0 Å². The molecule has 1 rings (SSSR count). The number of rotatable bonds is 3. The summed E-state index contributed by atoms with van der Waals surface area (Å²) in [5.41, 5.74) is 0.294. The van der Waals surface area contributed by atoms with Crippen LogP contribution in [-0.4, -0.2) is 29.7 Å². The molecule has 0 amide bonds. The number of carboxylic acids is 1. The topological polar surface area (TPSA) is 76.0 Å². The van der Waals surface area contributed by atoms with E-state index in [1.807, 2.05) is 0 Å². The molecule has 5 nitrogen and oxygen atoms in total. The molecule has 0 aromatic carbocycles. The van der Waals surface area contributed by atoms with E-state index in [1.165, 1.54) is 19.3 Å². The highest BCUT2D eigenvalue weighted by Crippen LogP contribution is 2.11. The number of Topliss-reactive ketones (excluding diaryl/α,β-unsaturated/α-hetero) is 1. The van der Waals surface area contributed by atoms with Crippen LogP contribution in [0.25, 0.3) is 0 Å². The van der Waals surface area contributed by atoms with Gasteiger partial charge in [-0.3, -0.25) is 4.79 Å². The van der Waals surface area contributed by atoms with E-state index in [9.17, 15) is 9.59 Å². The third-order valence-corrected chi connectivity index (χ3v) is 1.69. The van der Waals surface area contributed by atoms with Gasteiger partial charge in [0.2, 0.25) is 0 Å². The van der Waals surface area contributed by atoms with Crippen molar-refractivity contribution in [1.82, 2.24) is 0 Å². The van der Waals surface area contributed by atoms with Gasteiger partial charge in [-0.15, -0.1) is 0 Å². The van der Waals surface area contributed by atoms with Gasteiger partial charge in [0.15, 0.2) is 0 Å². The van der Waals surface area contributed by atoms with Crippen LogP contribution < -0.4 is 0 Å². The molecule has 0 spiro atoms. The molecule has 1 aliphatic rings. The molecule has 1 unspecified atom stereocenters. The number of aliphatic carboxylic acids is 1. The predicted octanol–water partition coefficient (Wildman–Crippen LogP) is 0.385. The van der Waals surface area contributed by atoms with Crippen LogP contribution in [0.5, 0.6) is 0 Å². The second-order valence-corrected chi connectivity index (χ2v) is 2.59. The highest BCUT2D eigenvalue weighted by Gasteiger charge is 2.27. The van der Waals surface area contributed by atoms with Crippen molar-refractivity contribution in [1.29, 1.82) is 0 Å². The number of hydrogen-bond donors (Lipinski definition) is 1. The van der Waals surface area contributed by atoms with Crippen molar-refractivity contribution in [2.75, 3.05) is 7.11 Å². The molecule has 5 heteroatoms. The Hall–Kier alpha value is -1.91. The number of carboxylic acid groups (broad SMARTS) is 1. The van der Waals surface area contributed by atoms with Gasteiger partial charge >= 0.3 is 5.97 Å². The van der Waals surface area contributed by atoms with Crippen LogP contribution in [0.2, 0.25) is 0 Å². The zero-order valence-electron chi connectivity index (χ0n) is 7.51. The van der Waals surface area contributed by atoms with Crippen molar-refractivity contribution in [2.45, 2.75) is 0 Å². The minimum atomic E-state index is -1.47. The highest BCUT2D eigenvalue weighted by molar-refractivity contribution is 6.39. The molecular weight excluding hydrogens is 186 g/mol. The minimum absolute atomic E-state index is 0.294. The summed E-state index contributed by atoms with van der Waals surface area (Å²) in [4.78, 5) is 26.1. The summed E-state index contributed by atoms with van der Waals surface area (Å²) < 4.78 is 0. The van der Waals surface area contributed by atoms with Crippen molar-refractivity contribution in [3.63, 3.8) is 0 Å². The van der Waals surface area contributed by atoms with Gasteiger partial charge in [0.1, 0.15) is 7.11 Å². The standard InChI is InChI=1S/C9H9NO4/c1-14-10-7-5-3-2-4-6(7)8(11)9(12)13/h2-6H,1H3,(H,12,13). The molecule has 0 heterocycles. The first-order chi connectivity index (χ1) is 6.66. The van der Waals surface area contributed by atoms with Crippen LogP contribution in [0.3, 0.4) is 0 Å². The highest BCUT2D eigenvalue weighted by atomic mass is 16.6. The van der Waals surface area contributed by atoms with E-state index in [4.69, 9.17) is 5.11 Å². The zero-order valence-corrected chi connectivity index (χ0v) is 7.51. The number of nitrogens with zero attached hydrogens (tertiary/aromatic N) is 1. The number of carbonyl (C=O) groups excluding carboxylic acids is 1. The number of ketones is 1. The smallest absolute Gasteiger partial charge is 0.373 e. The van der Waals surface area contributed by atoms with Gasteiger partial charge in [-0.25, -0.2) is 4.79 Å². The number of allylic oxidation sites excluding steroid dienone is 4. The van der Waals surface area contributed by atoms with E-state index in [0.717, 1.165) is 0 Å². The first-order valence-corrected chi connectivity index (χ1v) is 3.90. The Morgan fingerprint density at radius 3 is 2.79 bits per heavy atom. The number of oxime groups is 1. The predicted molar refractivity (Wildman–Crippen MR) is 48.9 cm³/mol. The Kier molecular flexibility index (Phi) is 3.17. The summed E-state index contributed by atoms with van der Waals surface area (Å²) in [5.74, 6) is -3.24. The molecule has 74 valence electrons. The monoisotopic (exact) mass is 195 g/mol. The van der Waals surface area contributed by atoms with Crippen LogP contribution in [0.15, 0.2) is 29.5 Å². The van der Waals surface area contributed by atoms with Gasteiger partial charge in [-0.1, -0.05) is 23.4 Å². The van der Waals surface area contributed by atoms with Crippen LogP contribution in [0.1, 0.15) is 0 Å². The maximum absolute atomic E-state index is 11.2. The second-order valence-electron chi connectivity index (χ2n) is 2.59. The van der Waals surface area contributed by atoms with Crippen molar-refractivity contribution in [3.8, 4) is 0 Å². The fourth-order valence-corrected chi connectivity index (χ4v) is 1.08. The lowest BCUT2D eigenvalue weighted by Crippen LogP contribution is -2.28. The fraction of sp³-hybridized carbons (Fsp3) is 0.222. The Bertz CT molecular complexity index is 341. The Labute approximate surface area is 80.4 Å². The zero-order chi connectivity index (χ0) is 10.6.